The van der Waals surface area contributed by atoms with Gasteiger partial charge in [-0.15, -0.1) is 11.3 Å². The van der Waals surface area contributed by atoms with Gasteiger partial charge in [0.25, 0.3) is 0 Å². The number of hydrogen-bond donors (Lipinski definition) is 1. The molecule has 0 radical (unpaired) electrons. The summed E-state index contributed by atoms with van der Waals surface area (Å²) in [5.74, 6) is 0. The second-order valence-electron chi connectivity index (χ2n) is 5.17. The lowest BCUT2D eigenvalue weighted by Gasteiger charge is -2.43. The Balaban J connectivity index is 1.74. The molecule has 1 aromatic heterocycles. The molecule has 0 atom stereocenters. The van der Waals surface area contributed by atoms with Crippen molar-refractivity contribution in [3.05, 3.63) is 56.7 Å². The normalized spacial score (nSPS) is 17.4. The van der Waals surface area contributed by atoms with Crippen LogP contribution in [0.3, 0.4) is 0 Å². The highest BCUT2D eigenvalue weighted by atomic mass is 79.9. The lowest BCUT2D eigenvalue weighted by atomic mass is 9.73. The van der Waals surface area contributed by atoms with Crippen LogP contribution in [0.2, 0.25) is 0 Å². The zero-order valence-electron chi connectivity index (χ0n) is 10.2. The largest absolute Gasteiger partial charge is 0.315 e. The van der Waals surface area contributed by atoms with Crippen LogP contribution in [0.5, 0.6) is 0 Å². The minimum atomic E-state index is 0.422. The maximum absolute atomic E-state index is 3.54. The molecule has 94 valence electrons. The minimum Gasteiger partial charge on any atom is -0.315 e. The number of benzene rings is 1. The molecule has 3 rings (SSSR count). The van der Waals surface area contributed by atoms with Crippen LogP contribution in [0, 0.1) is 5.41 Å². The first-order chi connectivity index (χ1) is 8.76. The minimum absolute atomic E-state index is 0.422. The van der Waals surface area contributed by atoms with Gasteiger partial charge in [0.15, 0.2) is 0 Å². The van der Waals surface area contributed by atoms with Gasteiger partial charge >= 0.3 is 0 Å². The van der Waals surface area contributed by atoms with Gasteiger partial charge in [-0.25, -0.2) is 0 Å². The Morgan fingerprint density at radius 3 is 2.50 bits per heavy atom. The molecule has 18 heavy (non-hydrogen) atoms. The van der Waals surface area contributed by atoms with Crippen molar-refractivity contribution in [2.75, 3.05) is 13.1 Å². The zero-order chi connectivity index (χ0) is 12.4. The third-order valence-electron chi connectivity index (χ3n) is 3.59. The smallest absolute Gasteiger partial charge is 0.0285 e. The van der Waals surface area contributed by atoms with Crippen LogP contribution in [0.1, 0.15) is 10.4 Å². The molecule has 1 fully saturated rings. The fraction of sp³-hybridized carbons (Fsp3) is 0.333. The van der Waals surface area contributed by atoms with Gasteiger partial charge in [0, 0.05) is 33.2 Å². The van der Waals surface area contributed by atoms with Crippen LogP contribution in [-0.2, 0) is 12.8 Å². The van der Waals surface area contributed by atoms with Crippen LogP contribution >= 0.6 is 27.3 Å². The van der Waals surface area contributed by atoms with E-state index in [1.54, 1.807) is 0 Å². The highest BCUT2D eigenvalue weighted by molar-refractivity contribution is 9.10. The van der Waals surface area contributed by atoms with Crippen LogP contribution in [-0.4, -0.2) is 13.1 Å². The summed E-state index contributed by atoms with van der Waals surface area (Å²) in [5.41, 5.74) is 1.88. The number of nitrogens with one attached hydrogen (secondary N) is 1. The van der Waals surface area contributed by atoms with Crippen LogP contribution in [0.15, 0.2) is 46.3 Å². The van der Waals surface area contributed by atoms with Crippen molar-refractivity contribution in [2.45, 2.75) is 12.8 Å². The van der Waals surface area contributed by atoms with Crippen molar-refractivity contribution in [3.8, 4) is 0 Å². The van der Waals surface area contributed by atoms with E-state index in [0.717, 1.165) is 13.1 Å². The highest BCUT2D eigenvalue weighted by Gasteiger charge is 2.37. The van der Waals surface area contributed by atoms with Gasteiger partial charge in [0.2, 0.25) is 0 Å². The van der Waals surface area contributed by atoms with Gasteiger partial charge in [0.05, 0.1) is 0 Å². The van der Waals surface area contributed by atoms with Crippen molar-refractivity contribution in [1.82, 2.24) is 5.32 Å². The molecule has 1 saturated heterocycles. The van der Waals surface area contributed by atoms with E-state index in [2.05, 4.69) is 63.0 Å². The molecule has 0 unspecified atom stereocenters. The van der Waals surface area contributed by atoms with Crippen molar-refractivity contribution < 1.29 is 0 Å². The van der Waals surface area contributed by atoms with E-state index >= 15 is 0 Å². The average Bonchev–Trinajstić information content (AvgIpc) is 2.73. The van der Waals surface area contributed by atoms with Crippen molar-refractivity contribution in [3.63, 3.8) is 0 Å². The maximum Gasteiger partial charge on any atom is 0.0285 e. The molecule has 0 saturated carbocycles. The highest BCUT2D eigenvalue weighted by Crippen LogP contribution is 2.34. The topological polar surface area (TPSA) is 12.0 Å². The second kappa shape index (κ2) is 5.16. The molecule has 0 bridgehead atoms. The fourth-order valence-electron chi connectivity index (χ4n) is 2.64. The summed E-state index contributed by atoms with van der Waals surface area (Å²) in [6.07, 6.45) is 2.36. The second-order valence-corrected chi connectivity index (χ2v) is 7.09. The zero-order valence-corrected chi connectivity index (χ0v) is 12.6. The summed E-state index contributed by atoms with van der Waals surface area (Å²) < 4.78 is 1.21. The van der Waals surface area contributed by atoms with Gasteiger partial charge in [-0.3, -0.25) is 0 Å². The van der Waals surface area contributed by atoms with E-state index < -0.39 is 0 Å². The lowest BCUT2D eigenvalue weighted by Crippen LogP contribution is -2.55. The summed E-state index contributed by atoms with van der Waals surface area (Å²) in [6.45, 7) is 2.27. The molecule has 1 aliphatic heterocycles. The summed E-state index contributed by atoms with van der Waals surface area (Å²) in [5, 5.41) is 5.62. The number of hydrogen-bond acceptors (Lipinski definition) is 2. The maximum atomic E-state index is 3.54. The van der Waals surface area contributed by atoms with E-state index in [0.29, 0.717) is 5.41 Å². The first kappa shape index (κ1) is 12.4. The van der Waals surface area contributed by atoms with Gasteiger partial charge in [-0.2, -0.15) is 0 Å². The van der Waals surface area contributed by atoms with E-state index in [1.807, 2.05) is 11.3 Å². The Morgan fingerprint density at radius 2 is 1.94 bits per heavy atom. The van der Waals surface area contributed by atoms with Crippen molar-refractivity contribution in [2.24, 2.45) is 5.41 Å². The van der Waals surface area contributed by atoms with Crippen molar-refractivity contribution in [1.29, 1.82) is 0 Å². The average molecular weight is 322 g/mol. The molecule has 3 heteroatoms. The Hall–Kier alpha value is -0.640. The molecule has 1 N–H and O–H groups in total. The Kier molecular flexibility index (Phi) is 3.55. The summed E-state index contributed by atoms with van der Waals surface area (Å²) in [4.78, 5) is 1.49. The lowest BCUT2D eigenvalue weighted by molar-refractivity contribution is 0.168. The molecule has 0 aliphatic carbocycles. The predicted octanol–water partition coefficient (Wildman–Crippen LogP) is 3.89. The van der Waals surface area contributed by atoms with E-state index in [9.17, 15) is 0 Å². The Bertz CT molecular complexity index is 516. The van der Waals surface area contributed by atoms with Gasteiger partial charge in [0.1, 0.15) is 0 Å². The predicted molar refractivity (Wildman–Crippen MR) is 81.2 cm³/mol. The molecule has 2 heterocycles. The Morgan fingerprint density at radius 1 is 1.17 bits per heavy atom. The van der Waals surface area contributed by atoms with E-state index in [-0.39, 0.29) is 0 Å². The fourth-order valence-corrected chi connectivity index (χ4v) is 4.26. The van der Waals surface area contributed by atoms with Crippen LogP contribution in [0.25, 0.3) is 0 Å². The summed E-state index contributed by atoms with van der Waals surface area (Å²) in [6, 6.07) is 13.1. The number of rotatable bonds is 4. The third-order valence-corrected chi connectivity index (χ3v) is 5.29. The van der Waals surface area contributed by atoms with Gasteiger partial charge < -0.3 is 5.32 Å². The van der Waals surface area contributed by atoms with E-state index in [4.69, 9.17) is 0 Å². The first-order valence-electron chi connectivity index (χ1n) is 6.23. The molecule has 2 aromatic rings. The number of thiophene rings is 1. The van der Waals surface area contributed by atoms with Gasteiger partial charge in [-0.05, 0) is 40.4 Å². The monoisotopic (exact) mass is 321 g/mol. The van der Waals surface area contributed by atoms with Crippen molar-refractivity contribution >= 4 is 27.3 Å². The third kappa shape index (κ3) is 2.68. The molecular formula is C15H16BrNS. The molecule has 1 aromatic carbocycles. The SMILES string of the molecule is Brc1csc(CC2(Cc3ccccc3)CNC2)c1. The summed E-state index contributed by atoms with van der Waals surface area (Å²) in [7, 11) is 0. The van der Waals surface area contributed by atoms with Gasteiger partial charge in [-0.1, -0.05) is 30.3 Å². The summed E-state index contributed by atoms with van der Waals surface area (Å²) >= 11 is 5.40. The van der Waals surface area contributed by atoms with Crippen LogP contribution < -0.4 is 5.32 Å². The molecule has 1 aliphatic rings. The molecule has 0 amide bonds. The van der Waals surface area contributed by atoms with E-state index in [1.165, 1.54) is 27.8 Å². The standard InChI is InChI=1S/C15H16BrNS/c16-13-6-14(18-9-13)8-15(10-17-11-15)7-12-4-2-1-3-5-12/h1-6,9,17H,7-8,10-11H2. The molecule has 0 spiro atoms. The molecular weight excluding hydrogens is 306 g/mol. The quantitative estimate of drug-likeness (QED) is 0.901. The Labute approximate surface area is 120 Å². The molecule has 1 nitrogen and oxygen atoms in total. The van der Waals surface area contributed by atoms with Crippen LogP contribution in [0.4, 0.5) is 0 Å². The first-order valence-corrected chi connectivity index (χ1v) is 7.91. The number of halogens is 1.